The molecular weight excluding hydrogens is 316 g/mol. The minimum absolute atomic E-state index is 0.0462. The lowest BCUT2D eigenvalue weighted by Gasteiger charge is -2.42. The highest BCUT2D eigenvalue weighted by molar-refractivity contribution is 7.91. The Morgan fingerprint density at radius 1 is 1.22 bits per heavy atom. The lowest BCUT2D eigenvalue weighted by molar-refractivity contribution is 0.0406. The van der Waals surface area contributed by atoms with Crippen LogP contribution in [0.5, 0.6) is 5.75 Å². The number of piperazine rings is 1. The molecule has 7 heteroatoms. The van der Waals surface area contributed by atoms with Gasteiger partial charge in [-0.05, 0) is 26.1 Å². The van der Waals surface area contributed by atoms with Gasteiger partial charge in [-0.1, -0.05) is 12.1 Å². The topological polar surface area (TPSA) is 66.9 Å². The highest BCUT2D eigenvalue weighted by atomic mass is 32.2. The number of sulfone groups is 1. The zero-order chi connectivity index (χ0) is 16.6. The van der Waals surface area contributed by atoms with Gasteiger partial charge in [0.1, 0.15) is 5.75 Å². The third-order valence-corrected chi connectivity index (χ3v) is 6.33. The monoisotopic (exact) mass is 338 g/mol. The van der Waals surface area contributed by atoms with Crippen LogP contribution in [-0.2, 0) is 9.84 Å². The van der Waals surface area contributed by atoms with E-state index in [4.69, 9.17) is 4.74 Å². The van der Waals surface area contributed by atoms with Crippen molar-refractivity contribution in [2.24, 2.45) is 0 Å². The third kappa shape index (κ3) is 3.07. The molecule has 0 aromatic heterocycles. The molecule has 1 aromatic carbocycles. The SMILES string of the molecule is CCOc1ccccc1C(=O)N1CCN(C)[C@@H]2CS(=O)(=O)C[C@@H]21. The Bertz CT molecular complexity index is 704. The van der Waals surface area contributed by atoms with E-state index in [0.717, 1.165) is 0 Å². The summed E-state index contributed by atoms with van der Waals surface area (Å²) in [6.45, 7) is 3.57. The fourth-order valence-electron chi connectivity index (χ4n) is 3.46. The van der Waals surface area contributed by atoms with E-state index in [9.17, 15) is 13.2 Å². The van der Waals surface area contributed by atoms with E-state index in [-0.39, 0.29) is 29.5 Å². The maximum atomic E-state index is 13.0. The van der Waals surface area contributed by atoms with Gasteiger partial charge in [0, 0.05) is 19.1 Å². The van der Waals surface area contributed by atoms with Gasteiger partial charge in [-0.15, -0.1) is 0 Å². The maximum absolute atomic E-state index is 13.0. The van der Waals surface area contributed by atoms with Crippen molar-refractivity contribution in [1.82, 2.24) is 9.80 Å². The molecule has 2 heterocycles. The summed E-state index contributed by atoms with van der Waals surface area (Å²) in [5.41, 5.74) is 0.502. The minimum atomic E-state index is -3.10. The Balaban J connectivity index is 1.91. The summed E-state index contributed by atoms with van der Waals surface area (Å²) in [5, 5.41) is 0. The molecule has 3 rings (SSSR count). The number of hydrogen-bond acceptors (Lipinski definition) is 5. The van der Waals surface area contributed by atoms with E-state index in [1.165, 1.54) is 0 Å². The van der Waals surface area contributed by atoms with E-state index in [1.54, 1.807) is 23.1 Å². The van der Waals surface area contributed by atoms with Gasteiger partial charge in [0.2, 0.25) is 0 Å². The van der Waals surface area contributed by atoms with Gasteiger partial charge < -0.3 is 9.64 Å². The van der Waals surface area contributed by atoms with Gasteiger partial charge in [-0.2, -0.15) is 0 Å². The summed E-state index contributed by atoms with van der Waals surface area (Å²) >= 11 is 0. The van der Waals surface area contributed by atoms with Crippen LogP contribution in [0.3, 0.4) is 0 Å². The molecule has 0 bridgehead atoms. The van der Waals surface area contributed by atoms with Crippen molar-refractivity contribution >= 4 is 15.7 Å². The lowest BCUT2D eigenvalue weighted by atomic mass is 10.0. The summed E-state index contributed by atoms with van der Waals surface area (Å²) in [6.07, 6.45) is 0. The van der Waals surface area contributed by atoms with Gasteiger partial charge in [-0.3, -0.25) is 9.69 Å². The number of fused-ring (bicyclic) bond motifs is 1. The second-order valence-electron chi connectivity index (χ2n) is 6.12. The summed E-state index contributed by atoms with van der Waals surface area (Å²) in [7, 11) is -1.17. The molecule has 6 nitrogen and oxygen atoms in total. The number of para-hydroxylation sites is 1. The first-order chi connectivity index (χ1) is 10.9. The second kappa shape index (κ2) is 6.13. The highest BCUT2D eigenvalue weighted by Crippen LogP contribution is 2.29. The molecular formula is C16H22N2O4S. The third-order valence-electron chi connectivity index (χ3n) is 4.63. The van der Waals surface area contributed by atoms with E-state index < -0.39 is 9.84 Å². The Hall–Kier alpha value is -1.60. The molecule has 0 N–H and O–H groups in total. The van der Waals surface area contributed by atoms with Crippen molar-refractivity contribution in [3.8, 4) is 5.75 Å². The normalized spacial score (nSPS) is 26.8. The van der Waals surface area contributed by atoms with Gasteiger partial charge in [0.25, 0.3) is 5.91 Å². The molecule has 2 saturated heterocycles. The van der Waals surface area contributed by atoms with Crippen LogP contribution in [0.2, 0.25) is 0 Å². The fraction of sp³-hybridized carbons (Fsp3) is 0.562. The zero-order valence-electron chi connectivity index (χ0n) is 13.4. The van der Waals surface area contributed by atoms with Crippen LogP contribution in [0.1, 0.15) is 17.3 Å². The molecule has 1 amide bonds. The number of hydrogen-bond donors (Lipinski definition) is 0. The zero-order valence-corrected chi connectivity index (χ0v) is 14.3. The second-order valence-corrected chi connectivity index (χ2v) is 8.27. The van der Waals surface area contributed by atoms with Crippen LogP contribution in [0.4, 0.5) is 0 Å². The van der Waals surface area contributed by atoms with Crippen LogP contribution in [0.25, 0.3) is 0 Å². The van der Waals surface area contributed by atoms with Crippen molar-refractivity contribution in [1.29, 1.82) is 0 Å². The average molecular weight is 338 g/mol. The molecule has 0 radical (unpaired) electrons. The number of carbonyl (C=O) groups is 1. The van der Waals surface area contributed by atoms with Gasteiger partial charge in [0.15, 0.2) is 9.84 Å². The van der Waals surface area contributed by atoms with Crippen LogP contribution >= 0.6 is 0 Å². The summed E-state index contributed by atoms with van der Waals surface area (Å²) in [6, 6.07) is 6.75. The number of rotatable bonds is 3. The van der Waals surface area contributed by atoms with Gasteiger partial charge >= 0.3 is 0 Å². The summed E-state index contributed by atoms with van der Waals surface area (Å²) in [5.74, 6) is 0.584. The maximum Gasteiger partial charge on any atom is 0.257 e. The van der Waals surface area contributed by atoms with Gasteiger partial charge in [-0.25, -0.2) is 8.42 Å². The van der Waals surface area contributed by atoms with Crippen molar-refractivity contribution in [3.63, 3.8) is 0 Å². The molecule has 23 heavy (non-hydrogen) atoms. The van der Waals surface area contributed by atoms with Crippen LogP contribution < -0.4 is 4.74 Å². The first kappa shape index (κ1) is 16.3. The van der Waals surface area contributed by atoms with Crippen LogP contribution in [0, 0.1) is 0 Å². The number of nitrogens with zero attached hydrogens (tertiary/aromatic N) is 2. The molecule has 0 spiro atoms. The Kier molecular flexibility index (Phi) is 4.33. The highest BCUT2D eigenvalue weighted by Gasteiger charge is 2.47. The minimum Gasteiger partial charge on any atom is -0.493 e. The number of ether oxygens (including phenoxy) is 1. The Morgan fingerprint density at radius 3 is 2.65 bits per heavy atom. The first-order valence-electron chi connectivity index (χ1n) is 7.86. The number of benzene rings is 1. The van der Waals surface area contributed by atoms with Gasteiger partial charge in [0.05, 0.1) is 29.7 Å². The predicted octanol–water partition coefficient (Wildman–Crippen LogP) is 0.639. The predicted molar refractivity (Wildman–Crippen MR) is 87.5 cm³/mol. The Morgan fingerprint density at radius 2 is 1.91 bits per heavy atom. The number of carbonyl (C=O) groups excluding carboxylic acids is 1. The molecule has 2 fully saturated rings. The molecule has 0 aliphatic carbocycles. The van der Waals surface area contributed by atoms with E-state index in [1.807, 2.05) is 24.9 Å². The van der Waals surface area contributed by atoms with Crippen LogP contribution in [0.15, 0.2) is 24.3 Å². The fourth-order valence-corrected chi connectivity index (χ4v) is 5.51. The first-order valence-corrected chi connectivity index (χ1v) is 9.68. The van der Waals surface area contributed by atoms with Crippen molar-refractivity contribution in [2.45, 2.75) is 19.0 Å². The van der Waals surface area contributed by atoms with E-state index in [2.05, 4.69) is 0 Å². The molecule has 2 aliphatic heterocycles. The van der Waals surface area contributed by atoms with Crippen molar-refractivity contribution in [2.75, 3.05) is 38.2 Å². The molecule has 0 saturated carbocycles. The standard InChI is InChI=1S/C16H22N2O4S/c1-3-22-15-7-5-4-6-12(15)16(19)18-9-8-17(2)13-10-23(20,21)11-14(13)18/h4-7,13-14H,3,8-11H2,1-2H3/t13-,14+/m1/s1. The quantitative estimate of drug-likeness (QED) is 0.809. The van der Waals surface area contributed by atoms with E-state index in [0.29, 0.717) is 31.0 Å². The molecule has 0 unspecified atom stereocenters. The molecule has 2 atom stereocenters. The van der Waals surface area contributed by atoms with Crippen LogP contribution in [-0.4, -0.2) is 74.5 Å². The largest absolute Gasteiger partial charge is 0.493 e. The average Bonchev–Trinajstić information content (AvgIpc) is 2.84. The smallest absolute Gasteiger partial charge is 0.257 e. The van der Waals surface area contributed by atoms with Crippen molar-refractivity contribution < 1.29 is 17.9 Å². The number of likely N-dealkylation sites (N-methyl/N-ethyl adjacent to an activating group) is 1. The summed E-state index contributed by atoms with van der Waals surface area (Å²) in [4.78, 5) is 16.8. The molecule has 126 valence electrons. The molecule has 2 aliphatic rings. The number of amides is 1. The Labute approximate surface area is 136 Å². The lowest BCUT2D eigenvalue weighted by Crippen LogP contribution is -2.59. The van der Waals surface area contributed by atoms with Crippen molar-refractivity contribution in [3.05, 3.63) is 29.8 Å². The molecule has 1 aromatic rings. The van der Waals surface area contributed by atoms with E-state index >= 15 is 0 Å². The summed E-state index contributed by atoms with van der Waals surface area (Å²) < 4.78 is 29.6.